The molecule has 0 amide bonds. The summed E-state index contributed by atoms with van der Waals surface area (Å²) in [6, 6.07) is 21.3. The highest BCUT2D eigenvalue weighted by atomic mass is 31.2. The van der Waals surface area contributed by atoms with Gasteiger partial charge < -0.3 is 4.43 Å². The highest BCUT2D eigenvalue weighted by molar-refractivity contribution is 7.48. The maximum absolute atomic E-state index is 12.8. The third-order valence-electron chi connectivity index (χ3n) is 5.86. The van der Waals surface area contributed by atoms with E-state index >= 15 is 0 Å². The van der Waals surface area contributed by atoms with Crippen LogP contribution in [-0.2, 0) is 22.6 Å². The molecule has 1 aliphatic rings. The lowest BCUT2D eigenvalue weighted by molar-refractivity contribution is 0.0866. The molecule has 0 saturated heterocycles. The minimum absolute atomic E-state index is 0.0604. The van der Waals surface area contributed by atoms with Gasteiger partial charge in [0, 0.05) is 0 Å². The van der Waals surface area contributed by atoms with E-state index in [-0.39, 0.29) is 30.5 Å². The molecule has 2 aromatic carbocycles. The van der Waals surface area contributed by atoms with Crippen molar-refractivity contribution in [1.29, 1.82) is 0 Å². The van der Waals surface area contributed by atoms with Crippen LogP contribution < -0.4 is 10.4 Å². The summed E-state index contributed by atoms with van der Waals surface area (Å²) in [6.45, 7) is 10.9. The fourth-order valence-electron chi connectivity index (χ4n) is 4.45. The van der Waals surface area contributed by atoms with Gasteiger partial charge >= 0.3 is 7.82 Å². The molecule has 2 atom stereocenters. The van der Waals surface area contributed by atoms with E-state index in [1.54, 1.807) is 13.8 Å². The van der Waals surface area contributed by atoms with Crippen LogP contribution in [0.1, 0.15) is 47.5 Å². The van der Waals surface area contributed by atoms with Crippen LogP contribution in [0.25, 0.3) is 0 Å². The van der Waals surface area contributed by atoms with Crippen LogP contribution in [0, 0.1) is 0 Å². The second-order valence-corrected chi connectivity index (χ2v) is 15.1. The molecule has 0 spiro atoms. The van der Waals surface area contributed by atoms with E-state index in [1.165, 1.54) is 10.4 Å². The van der Waals surface area contributed by atoms with Gasteiger partial charge in [0.2, 0.25) is 0 Å². The summed E-state index contributed by atoms with van der Waals surface area (Å²) in [6.07, 6.45) is 5.06. The molecule has 7 heteroatoms. The Morgan fingerprint density at radius 2 is 1.27 bits per heavy atom. The maximum atomic E-state index is 12.8. The van der Waals surface area contributed by atoms with Crippen LogP contribution in [0.4, 0.5) is 0 Å². The zero-order chi connectivity index (χ0) is 24.0. The SMILES string of the molecule is CCOP(=O)(OCC)O[C@@H]1C=C[C@H](O[Si](c2ccccc2)(c2ccccc2)C(C)(C)C)CC1. The molecule has 33 heavy (non-hydrogen) atoms. The van der Waals surface area contributed by atoms with Crippen molar-refractivity contribution < 1.29 is 22.6 Å². The Morgan fingerprint density at radius 3 is 1.67 bits per heavy atom. The number of hydrogen-bond acceptors (Lipinski definition) is 5. The average molecular weight is 489 g/mol. The zero-order valence-corrected chi connectivity index (χ0v) is 22.3. The molecule has 0 bridgehead atoms. The van der Waals surface area contributed by atoms with E-state index in [1.807, 2.05) is 18.2 Å². The molecule has 0 fully saturated rings. The molecule has 2 aromatic rings. The van der Waals surface area contributed by atoms with Gasteiger partial charge in [-0.3, -0.25) is 13.6 Å². The monoisotopic (exact) mass is 488 g/mol. The summed E-state index contributed by atoms with van der Waals surface area (Å²) in [4.78, 5) is 0. The van der Waals surface area contributed by atoms with Crippen LogP contribution in [0.2, 0.25) is 5.04 Å². The molecule has 0 unspecified atom stereocenters. The third kappa shape index (κ3) is 6.13. The first-order valence-corrected chi connectivity index (χ1v) is 15.2. The molecule has 0 aromatic heterocycles. The van der Waals surface area contributed by atoms with Crippen molar-refractivity contribution in [2.24, 2.45) is 0 Å². The normalized spacial score (nSPS) is 19.5. The van der Waals surface area contributed by atoms with Crippen LogP contribution in [0.3, 0.4) is 0 Å². The molecule has 5 nitrogen and oxygen atoms in total. The predicted octanol–water partition coefficient (Wildman–Crippen LogP) is 5.85. The van der Waals surface area contributed by atoms with Gasteiger partial charge in [-0.15, -0.1) is 0 Å². The molecule has 0 aliphatic heterocycles. The molecular formula is C26H37O5PSi. The van der Waals surface area contributed by atoms with Gasteiger partial charge in [-0.25, -0.2) is 4.57 Å². The van der Waals surface area contributed by atoms with Crippen LogP contribution in [-0.4, -0.2) is 33.7 Å². The van der Waals surface area contributed by atoms with Crippen molar-refractivity contribution in [1.82, 2.24) is 0 Å². The number of benzene rings is 2. The molecule has 0 N–H and O–H groups in total. The molecule has 0 radical (unpaired) electrons. The minimum Gasteiger partial charge on any atom is -0.401 e. The van der Waals surface area contributed by atoms with Crippen molar-refractivity contribution in [3.05, 3.63) is 72.8 Å². The molecule has 180 valence electrons. The second kappa shape index (κ2) is 11.3. The summed E-state index contributed by atoms with van der Waals surface area (Å²) >= 11 is 0. The quantitative estimate of drug-likeness (QED) is 0.239. The van der Waals surface area contributed by atoms with Gasteiger partial charge in [0.05, 0.1) is 25.4 Å². The topological polar surface area (TPSA) is 54.0 Å². The number of phosphoric acid groups is 1. The smallest absolute Gasteiger partial charge is 0.401 e. The average Bonchev–Trinajstić information content (AvgIpc) is 2.79. The van der Waals surface area contributed by atoms with Crippen LogP contribution in [0.15, 0.2) is 72.8 Å². The van der Waals surface area contributed by atoms with E-state index in [0.717, 1.165) is 6.42 Å². The van der Waals surface area contributed by atoms with E-state index < -0.39 is 16.1 Å². The Kier molecular flexibility index (Phi) is 8.90. The molecule has 0 saturated carbocycles. The lowest BCUT2D eigenvalue weighted by Crippen LogP contribution is -2.67. The van der Waals surface area contributed by atoms with Crippen LogP contribution in [0.5, 0.6) is 0 Å². The number of phosphoric ester groups is 1. The summed E-state index contributed by atoms with van der Waals surface area (Å²) in [5.41, 5.74) is 0. The van der Waals surface area contributed by atoms with Gasteiger partial charge in [0.15, 0.2) is 0 Å². The van der Waals surface area contributed by atoms with Gasteiger partial charge in [0.1, 0.15) is 0 Å². The van der Waals surface area contributed by atoms with E-state index in [0.29, 0.717) is 6.42 Å². The van der Waals surface area contributed by atoms with Crippen molar-refractivity contribution >= 4 is 26.5 Å². The van der Waals surface area contributed by atoms with Gasteiger partial charge in [-0.05, 0) is 42.1 Å². The Bertz CT molecular complexity index is 893. The molecular weight excluding hydrogens is 451 g/mol. The summed E-state index contributed by atoms with van der Waals surface area (Å²) < 4.78 is 36.3. The lowest BCUT2D eigenvalue weighted by atomic mass is 10.0. The Labute approximate surface area is 199 Å². The highest BCUT2D eigenvalue weighted by Gasteiger charge is 2.51. The lowest BCUT2D eigenvalue weighted by Gasteiger charge is -2.45. The standard InChI is InChI=1S/C26H37O5PSi/c1-6-28-32(27,29-7-2)30-22-18-20-23(21-19-22)31-33(26(3,4)5,24-14-10-8-11-15-24)25-16-12-9-13-17-25/h8-18,20,22-23H,6-7,19,21H2,1-5H3/t22-,23+/m1/s1. The second-order valence-electron chi connectivity index (χ2n) is 9.21. The zero-order valence-electron chi connectivity index (χ0n) is 20.4. The van der Waals surface area contributed by atoms with Crippen molar-refractivity contribution in [2.45, 2.75) is 64.7 Å². The van der Waals surface area contributed by atoms with E-state index in [2.05, 4.69) is 75.4 Å². The molecule has 0 heterocycles. The van der Waals surface area contributed by atoms with Crippen molar-refractivity contribution in [2.75, 3.05) is 13.2 Å². The van der Waals surface area contributed by atoms with Crippen molar-refractivity contribution in [3.63, 3.8) is 0 Å². The highest BCUT2D eigenvalue weighted by Crippen LogP contribution is 2.51. The fourth-order valence-corrected chi connectivity index (χ4v) is 10.5. The van der Waals surface area contributed by atoms with Crippen LogP contribution >= 0.6 is 7.82 Å². The van der Waals surface area contributed by atoms with E-state index in [9.17, 15) is 4.57 Å². The number of rotatable bonds is 10. The Balaban J connectivity index is 1.90. The largest absolute Gasteiger partial charge is 0.475 e. The van der Waals surface area contributed by atoms with Crippen molar-refractivity contribution in [3.8, 4) is 0 Å². The molecule has 1 aliphatic carbocycles. The van der Waals surface area contributed by atoms with Gasteiger partial charge in [-0.1, -0.05) is 93.6 Å². The first kappa shape index (κ1) is 26.1. The number of hydrogen-bond donors (Lipinski definition) is 0. The Morgan fingerprint density at radius 1 is 0.818 bits per heavy atom. The predicted molar refractivity (Wildman–Crippen MR) is 137 cm³/mol. The Hall–Kier alpha value is -1.53. The van der Waals surface area contributed by atoms with Gasteiger partial charge in [0.25, 0.3) is 8.32 Å². The summed E-state index contributed by atoms with van der Waals surface area (Å²) in [7, 11) is -6.18. The maximum Gasteiger partial charge on any atom is 0.475 e. The summed E-state index contributed by atoms with van der Waals surface area (Å²) in [5, 5.41) is 2.43. The summed E-state index contributed by atoms with van der Waals surface area (Å²) in [5.74, 6) is 0. The molecule has 3 rings (SSSR count). The minimum atomic E-state index is -3.55. The van der Waals surface area contributed by atoms with Gasteiger partial charge in [-0.2, -0.15) is 0 Å². The van der Waals surface area contributed by atoms with E-state index in [4.69, 9.17) is 18.0 Å². The third-order valence-corrected chi connectivity index (χ3v) is 12.6. The first-order chi connectivity index (χ1) is 15.7. The first-order valence-electron chi connectivity index (χ1n) is 11.8. The fraction of sp³-hybridized carbons (Fsp3) is 0.462.